The summed E-state index contributed by atoms with van der Waals surface area (Å²) in [5.41, 5.74) is 1.21. The summed E-state index contributed by atoms with van der Waals surface area (Å²) in [6.07, 6.45) is 1.79. The molecule has 1 radical (unpaired) electrons. The van der Waals surface area contributed by atoms with Crippen LogP contribution in [-0.2, 0) is 11.3 Å². The van der Waals surface area contributed by atoms with Gasteiger partial charge in [-0.05, 0) is 32.3 Å². The van der Waals surface area contributed by atoms with E-state index >= 15 is 0 Å². The fourth-order valence-corrected chi connectivity index (χ4v) is 1.12. The number of hydrogen-bond donors (Lipinski definition) is 1. The van der Waals surface area contributed by atoms with E-state index in [1.807, 2.05) is 19.0 Å². The SMILES string of the molecule is CN(C)Cc1cc([C]=O)ccc1O. The van der Waals surface area contributed by atoms with Crippen molar-refractivity contribution in [3.05, 3.63) is 29.3 Å². The van der Waals surface area contributed by atoms with E-state index in [-0.39, 0.29) is 5.75 Å². The van der Waals surface area contributed by atoms with Gasteiger partial charge in [-0.3, -0.25) is 4.79 Å². The normalized spacial score (nSPS) is 10.4. The molecule has 0 aliphatic rings. The van der Waals surface area contributed by atoms with Crippen LogP contribution >= 0.6 is 0 Å². The first kappa shape index (κ1) is 9.74. The molecule has 0 aliphatic heterocycles. The molecule has 1 N–H and O–H groups in total. The van der Waals surface area contributed by atoms with Crippen LogP contribution in [0, 0.1) is 0 Å². The molecule has 3 nitrogen and oxygen atoms in total. The molecule has 69 valence electrons. The summed E-state index contributed by atoms with van der Waals surface area (Å²) in [5.74, 6) is 0.215. The van der Waals surface area contributed by atoms with Gasteiger partial charge in [0.25, 0.3) is 0 Å². The fraction of sp³-hybridized carbons (Fsp3) is 0.300. The molecule has 0 amide bonds. The summed E-state index contributed by atoms with van der Waals surface area (Å²) in [7, 11) is 3.80. The molecule has 3 heteroatoms. The number of benzene rings is 1. The van der Waals surface area contributed by atoms with Gasteiger partial charge in [-0.1, -0.05) is 0 Å². The maximum Gasteiger partial charge on any atom is 0.233 e. The Morgan fingerprint density at radius 1 is 1.46 bits per heavy atom. The number of phenolic OH excluding ortho intramolecular Hbond substituents is 1. The lowest BCUT2D eigenvalue weighted by atomic mass is 10.1. The summed E-state index contributed by atoms with van der Waals surface area (Å²) in [6.45, 7) is 0.612. The minimum absolute atomic E-state index is 0.215. The molecule has 0 bridgehead atoms. The Labute approximate surface area is 77.6 Å². The van der Waals surface area contributed by atoms with E-state index in [9.17, 15) is 9.90 Å². The summed E-state index contributed by atoms with van der Waals surface area (Å²) in [4.78, 5) is 12.3. The number of rotatable bonds is 3. The van der Waals surface area contributed by atoms with Crippen molar-refractivity contribution in [2.24, 2.45) is 0 Å². The monoisotopic (exact) mass is 178 g/mol. The molecule has 0 aliphatic carbocycles. The summed E-state index contributed by atoms with van der Waals surface area (Å²) < 4.78 is 0. The van der Waals surface area contributed by atoms with E-state index in [1.165, 1.54) is 6.07 Å². The van der Waals surface area contributed by atoms with Crippen molar-refractivity contribution in [1.29, 1.82) is 0 Å². The average molecular weight is 178 g/mol. The van der Waals surface area contributed by atoms with Gasteiger partial charge in [-0.15, -0.1) is 0 Å². The summed E-state index contributed by atoms with van der Waals surface area (Å²) in [6, 6.07) is 4.70. The molecular weight excluding hydrogens is 166 g/mol. The smallest absolute Gasteiger partial charge is 0.233 e. The average Bonchev–Trinajstić information content (AvgIpc) is 2.08. The predicted octanol–water partition coefficient (Wildman–Crippen LogP) is 0.912. The molecule has 0 spiro atoms. The standard InChI is InChI=1S/C10H12NO2/c1-11(2)6-9-5-8(7-12)3-4-10(9)13/h3-5,13H,6H2,1-2H3. The molecule has 1 rings (SSSR count). The molecule has 1 aromatic carbocycles. The van der Waals surface area contributed by atoms with Gasteiger partial charge in [0, 0.05) is 17.7 Å². The van der Waals surface area contributed by atoms with E-state index < -0.39 is 0 Å². The van der Waals surface area contributed by atoms with Gasteiger partial charge in [-0.25, -0.2) is 0 Å². The number of aromatic hydroxyl groups is 1. The van der Waals surface area contributed by atoms with Gasteiger partial charge < -0.3 is 10.0 Å². The van der Waals surface area contributed by atoms with Crippen molar-refractivity contribution < 1.29 is 9.90 Å². The van der Waals surface area contributed by atoms with E-state index in [0.29, 0.717) is 12.1 Å². The van der Waals surface area contributed by atoms with Crippen LogP contribution in [0.25, 0.3) is 0 Å². The van der Waals surface area contributed by atoms with Gasteiger partial charge >= 0.3 is 0 Å². The molecule has 1 aromatic rings. The Kier molecular flexibility index (Phi) is 3.03. The number of nitrogens with zero attached hydrogens (tertiary/aromatic N) is 1. The molecule has 0 saturated carbocycles. The highest BCUT2D eigenvalue weighted by molar-refractivity contribution is 5.76. The van der Waals surface area contributed by atoms with Crippen LogP contribution in [0.1, 0.15) is 11.1 Å². The maximum atomic E-state index is 10.3. The third-order valence-electron chi connectivity index (χ3n) is 1.68. The Balaban J connectivity index is 2.96. The van der Waals surface area contributed by atoms with Crippen molar-refractivity contribution in [3.8, 4) is 5.75 Å². The Morgan fingerprint density at radius 3 is 2.69 bits per heavy atom. The lowest BCUT2D eigenvalue weighted by Gasteiger charge is -2.11. The molecule has 0 fully saturated rings. The van der Waals surface area contributed by atoms with Crippen LogP contribution in [0.15, 0.2) is 18.2 Å². The van der Waals surface area contributed by atoms with Crippen molar-refractivity contribution in [2.75, 3.05) is 14.1 Å². The predicted molar refractivity (Wildman–Crippen MR) is 50.3 cm³/mol. The van der Waals surface area contributed by atoms with Crippen LogP contribution < -0.4 is 0 Å². The molecular formula is C10H12NO2. The minimum Gasteiger partial charge on any atom is -0.508 e. The minimum atomic E-state index is 0.215. The largest absolute Gasteiger partial charge is 0.508 e. The molecule has 0 saturated heterocycles. The van der Waals surface area contributed by atoms with Gasteiger partial charge in [0.2, 0.25) is 6.29 Å². The second-order valence-electron chi connectivity index (χ2n) is 3.18. The number of hydrogen-bond acceptors (Lipinski definition) is 3. The first-order chi connectivity index (χ1) is 6.13. The van der Waals surface area contributed by atoms with Crippen LogP contribution in [0.3, 0.4) is 0 Å². The Morgan fingerprint density at radius 2 is 2.15 bits per heavy atom. The van der Waals surface area contributed by atoms with Crippen molar-refractivity contribution in [2.45, 2.75) is 6.54 Å². The van der Waals surface area contributed by atoms with E-state index in [4.69, 9.17) is 0 Å². The van der Waals surface area contributed by atoms with Gasteiger partial charge in [0.05, 0.1) is 0 Å². The van der Waals surface area contributed by atoms with Crippen molar-refractivity contribution in [1.82, 2.24) is 4.90 Å². The van der Waals surface area contributed by atoms with Crippen LogP contribution in [0.2, 0.25) is 0 Å². The van der Waals surface area contributed by atoms with E-state index in [1.54, 1.807) is 18.4 Å². The quantitative estimate of drug-likeness (QED) is 0.748. The summed E-state index contributed by atoms with van der Waals surface area (Å²) >= 11 is 0. The highest BCUT2D eigenvalue weighted by atomic mass is 16.3. The first-order valence-electron chi connectivity index (χ1n) is 3.98. The molecule has 0 unspecified atom stereocenters. The lowest BCUT2D eigenvalue weighted by Crippen LogP contribution is -2.10. The number of phenols is 1. The zero-order valence-electron chi connectivity index (χ0n) is 7.74. The van der Waals surface area contributed by atoms with Gasteiger partial charge in [0.15, 0.2) is 0 Å². The second kappa shape index (κ2) is 4.05. The molecule has 13 heavy (non-hydrogen) atoms. The molecule has 0 heterocycles. The maximum absolute atomic E-state index is 10.3. The van der Waals surface area contributed by atoms with Gasteiger partial charge in [0.1, 0.15) is 5.75 Å². The first-order valence-corrected chi connectivity index (χ1v) is 3.98. The zero-order valence-corrected chi connectivity index (χ0v) is 7.74. The zero-order chi connectivity index (χ0) is 9.84. The Hall–Kier alpha value is -1.35. The van der Waals surface area contributed by atoms with Crippen LogP contribution in [0.5, 0.6) is 5.75 Å². The van der Waals surface area contributed by atoms with Crippen molar-refractivity contribution >= 4 is 6.29 Å². The summed E-state index contributed by atoms with van der Waals surface area (Å²) in [5, 5.41) is 9.42. The highest BCUT2D eigenvalue weighted by Gasteiger charge is 2.03. The van der Waals surface area contributed by atoms with E-state index in [2.05, 4.69) is 0 Å². The van der Waals surface area contributed by atoms with Crippen LogP contribution in [0.4, 0.5) is 0 Å². The van der Waals surface area contributed by atoms with E-state index in [0.717, 1.165) is 5.56 Å². The number of carbonyl (C=O) groups excluding carboxylic acids is 1. The second-order valence-corrected chi connectivity index (χ2v) is 3.18. The fourth-order valence-electron chi connectivity index (χ4n) is 1.12. The van der Waals surface area contributed by atoms with Crippen LogP contribution in [-0.4, -0.2) is 30.4 Å². The lowest BCUT2D eigenvalue weighted by molar-refractivity contribution is 0.386. The molecule has 0 atom stereocenters. The Bertz CT molecular complexity index is 308. The third kappa shape index (κ3) is 2.56. The van der Waals surface area contributed by atoms with Gasteiger partial charge in [-0.2, -0.15) is 0 Å². The van der Waals surface area contributed by atoms with Crippen molar-refractivity contribution in [3.63, 3.8) is 0 Å². The molecule has 0 aromatic heterocycles. The topological polar surface area (TPSA) is 40.5 Å². The third-order valence-corrected chi connectivity index (χ3v) is 1.68. The highest BCUT2D eigenvalue weighted by Crippen LogP contribution is 2.18.